The normalized spacial score (nSPS) is 10.5. The molecule has 1 N–H and O–H groups in total. The van der Waals surface area contributed by atoms with E-state index in [-0.39, 0.29) is 18.1 Å². The Morgan fingerprint density at radius 3 is 2.89 bits per heavy atom. The summed E-state index contributed by atoms with van der Waals surface area (Å²) in [6.45, 7) is 1.83. The Kier molecular flexibility index (Phi) is 3.18. The molecule has 0 saturated heterocycles. The van der Waals surface area contributed by atoms with Crippen molar-refractivity contribution >= 4 is 5.97 Å². The Bertz CT molecular complexity index is 631. The summed E-state index contributed by atoms with van der Waals surface area (Å²) in [5.41, 5.74) is -0.642. The molecule has 2 heterocycles. The molecule has 0 aliphatic heterocycles. The van der Waals surface area contributed by atoms with Crippen LogP contribution < -0.4 is 5.56 Å². The molecule has 94 valence electrons. The fourth-order valence-corrected chi connectivity index (χ4v) is 1.31. The number of carboxylic acids is 1. The van der Waals surface area contributed by atoms with E-state index in [2.05, 4.69) is 15.2 Å². The zero-order valence-electron chi connectivity index (χ0n) is 9.53. The van der Waals surface area contributed by atoms with Gasteiger partial charge in [-0.15, -0.1) is 0 Å². The first-order valence-electron chi connectivity index (χ1n) is 5.23. The van der Waals surface area contributed by atoms with E-state index in [0.717, 1.165) is 16.8 Å². The van der Waals surface area contributed by atoms with Crippen LogP contribution in [0.4, 0.5) is 0 Å². The van der Waals surface area contributed by atoms with E-state index >= 15 is 0 Å². The Balaban J connectivity index is 2.30. The van der Waals surface area contributed by atoms with E-state index < -0.39 is 11.5 Å². The number of rotatable bonds is 4. The van der Waals surface area contributed by atoms with E-state index in [9.17, 15) is 9.59 Å². The molecule has 0 saturated carbocycles. The van der Waals surface area contributed by atoms with Gasteiger partial charge >= 0.3 is 5.97 Å². The van der Waals surface area contributed by atoms with E-state index in [4.69, 9.17) is 9.63 Å². The standard InChI is InChI=1S/C10H10N4O4/c1-2-8-11-7(13-18-8)5-14-9(15)4-3-6(12-14)10(16)17/h3-4H,2,5H2,1H3,(H,16,17). The predicted octanol–water partition coefficient (Wildman–Crippen LogP) is -0.0648. The molecule has 0 aliphatic carbocycles. The minimum Gasteiger partial charge on any atom is -0.476 e. The monoisotopic (exact) mass is 250 g/mol. The largest absolute Gasteiger partial charge is 0.476 e. The second-order valence-corrected chi connectivity index (χ2v) is 3.48. The molecule has 2 rings (SSSR count). The van der Waals surface area contributed by atoms with Gasteiger partial charge in [0.2, 0.25) is 5.89 Å². The SMILES string of the molecule is CCc1nc(Cn2nc(C(=O)O)ccc2=O)no1. The van der Waals surface area contributed by atoms with Crippen LogP contribution in [0.1, 0.15) is 29.1 Å². The predicted molar refractivity (Wildman–Crippen MR) is 58.2 cm³/mol. The summed E-state index contributed by atoms with van der Waals surface area (Å²) in [6.07, 6.45) is 0.588. The highest BCUT2D eigenvalue weighted by molar-refractivity contribution is 5.84. The Hall–Kier alpha value is -2.51. The lowest BCUT2D eigenvalue weighted by atomic mass is 10.4. The van der Waals surface area contributed by atoms with Crippen molar-refractivity contribution in [2.24, 2.45) is 0 Å². The highest BCUT2D eigenvalue weighted by Gasteiger charge is 2.10. The average molecular weight is 250 g/mol. The summed E-state index contributed by atoms with van der Waals surface area (Å²) >= 11 is 0. The minimum absolute atomic E-state index is 0.0244. The van der Waals surface area contributed by atoms with Crippen LogP contribution in [0.25, 0.3) is 0 Å². The van der Waals surface area contributed by atoms with Gasteiger partial charge in [0, 0.05) is 12.5 Å². The first-order valence-corrected chi connectivity index (χ1v) is 5.23. The molecule has 0 aromatic carbocycles. The third-order valence-corrected chi connectivity index (χ3v) is 2.19. The summed E-state index contributed by atoms with van der Waals surface area (Å²) in [5, 5.41) is 16.1. The molecule has 2 aromatic heterocycles. The van der Waals surface area contributed by atoms with Crippen LogP contribution in [-0.4, -0.2) is 31.0 Å². The van der Waals surface area contributed by atoms with Gasteiger partial charge in [-0.25, -0.2) is 9.48 Å². The Morgan fingerprint density at radius 1 is 1.50 bits per heavy atom. The molecular formula is C10H10N4O4. The molecule has 0 atom stereocenters. The van der Waals surface area contributed by atoms with Gasteiger partial charge in [-0.2, -0.15) is 10.1 Å². The fraction of sp³-hybridized carbons (Fsp3) is 0.300. The lowest BCUT2D eigenvalue weighted by Crippen LogP contribution is -2.25. The molecule has 0 aliphatic rings. The fourth-order valence-electron chi connectivity index (χ4n) is 1.31. The number of aryl methyl sites for hydroxylation is 1. The molecule has 0 unspecified atom stereocenters. The summed E-state index contributed by atoms with van der Waals surface area (Å²) in [7, 11) is 0. The number of nitrogens with zero attached hydrogens (tertiary/aromatic N) is 4. The molecule has 0 bridgehead atoms. The molecule has 0 fully saturated rings. The number of aromatic nitrogens is 4. The second-order valence-electron chi connectivity index (χ2n) is 3.48. The molecule has 0 radical (unpaired) electrons. The van der Waals surface area contributed by atoms with Crippen LogP contribution >= 0.6 is 0 Å². The lowest BCUT2D eigenvalue weighted by molar-refractivity contribution is 0.0687. The summed E-state index contributed by atoms with van der Waals surface area (Å²) < 4.78 is 5.86. The van der Waals surface area contributed by atoms with E-state index in [1.54, 1.807) is 0 Å². The minimum atomic E-state index is -1.20. The van der Waals surface area contributed by atoms with Gasteiger partial charge in [-0.3, -0.25) is 4.79 Å². The van der Waals surface area contributed by atoms with Crippen molar-refractivity contribution in [1.29, 1.82) is 0 Å². The number of hydrogen-bond donors (Lipinski definition) is 1. The second kappa shape index (κ2) is 4.78. The first-order chi connectivity index (χ1) is 8.60. The van der Waals surface area contributed by atoms with Crippen LogP contribution in [0.3, 0.4) is 0 Å². The zero-order chi connectivity index (χ0) is 13.1. The summed E-state index contributed by atoms with van der Waals surface area (Å²) in [4.78, 5) is 26.3. The van der Waals surface area contributed by atoms with Crippen molar-refractivity contribution < 1.29 is 14.4 Å². The number of aromatic carboxylic acids is 1. The number of hydrogen-bond acceptors (Lipinski definition) is 6. The van der Waals surface area contributed by atoms with Gasteiger partial charge in [0.1, 0.15) is 6.54 Å². The lowest BCUT2D eigenvalue weighted by Gasteiger charge is -2.01. The van der Waals surface area contributed by atoms with Crippen LogP contribution in [0.2, 0.25) is 0 Å². The highest BCUT2D eigenvalue weighted by Crippen LogP contribution is 1.99. The maximum atomic E-state index is 11.5. The summed E-state index contributed by atoms with van der Waals surface area (Å²) in [6, 6.07) is 2.28. The Morgan fingerprint density at radius 2 is 2.28 bits per heavy atom. The number of carboxylic acid groups (broad SMARTS) is 1. The molecule has 0 spiro atoms. The molecule has 8 heteroatoms. The molecular weight excluding hydrogens is 240 g/mol. The van der Waals surface area contributed by atoms with E-state index in [0.29, 0.717) is 12.3 Å². The Labute approximate surface area is 101 Å². The third kappa shape index (κ3) is 2.42. The van der Waals surface area contributed by atoms with Crippen molar-refractivity contribution in [2.45, 2.75) is 19.9 Å². The highest BCUT2D eigenvalue weighted by atomic mass is 16.5. The van der Waals surface area contributed by atoms with Crippen LogP contribution in [0.15, 0.2) is 21.5 Å². The van der Waals surface area contributed by atoms with Gasteiger partial charge < -0.3 is 9.63 Å². The first kappa shape index (κ1) is 12.0. The average Bonchev–Trinajstić information content (AvgIpc) is 2.79. The van der Waals surface area contributed by atoms with Gasteiger partial charge in [-0.05, 0) is 6.07 Å². The van der Waals surface area contributed by atoms with E-state index in [1.165, 1.54) is 0 Å². The maximum absolute atomic E-state index is 11.5. The maximum Gasteiger partial charge on any atom is 0.356 e. The van der Waals surface area contributed by atoms with Crippen molar-refractivity contribution in [3.63, 3.8) is 0 Å². The van der Waals surface area contributed by atoms with Gasteiger partial charge in [0.15, 0.2) is 11.5 Å². The van der Waals surface area contributed by atoms with Crippen molar-refractivity contribution in [2.75, 3.05) is 0 Å². The zero-order valence-corrected chi connectivity index (χ0v) is 9.53. The molecule has 8 nitrogen and oxygen atoms in total. The van der Waals surface area contributed by atoms with Crippen LogP contribution in [-0.2, 0) is 13.0 Å². The van der Waals surface area contributed by atoms with Gasteiger partial charge in [-0.1, -0.05) is 12.1 Å². The van der Waals surface area contributed by atoms with Crippen molar-refractivity contribution in [3.8, 4) is 0 Å². The molecule has 18 heavy (non-hydrogen) atoms. The van der Waals surface area contributed by atoms with Gasteiger partial charge in [0.25, 0.3) is 5.56 Å². The number of carbonyl (C=O) groups is 1. The van der Waals surface area contributed by atoms with Crippen molar-refractivity contribution in [1.82, 2.24) is 19.9 Å². The molecule has 2 aromatic rings. The quantitative estimate of drug-likeness (QED) is 0.808. The van der Waals surface area contributed by atoms with E-state index in [1.807, 2.05) is 6.92 Å². The topological polar surface area (TPSA) is 111 Å². The van der Waals surface area contributed by atoms with Gasteiger partial charge in [0.05, 0.1) is 0 Å². The van der Waals surface area contributed by atoms with Crippen LogP contribution in [0.5, 0.6) is 0 Å². The third-order valence-electron chi connectivity index (χ3n) is 2.19. The molecule has 0 amide bonds. The summed E-state index contributed by atoms with van der Waals surface area (Å²) in [5.74, 6) is -0.470. The van der Waals surface area contributed by atoms with Crippen LogP contribution in [0, 0.1) is 0 Å². The smallest absolute Gasteiger partial charge is 0.356 e. The van der Waals surface area contributed by atoms with Crippen molar-refractivity contribution in [3.05, 3.63) is 39.9 Å².